The molecule has 5 rings (SSSR count). The highest BCUT2D eigenvalue weighted by molar-refractivity contribution is 7.89. The van der Waals surface area contributed by atoms with Gasteiger partial charge in [-0.3, -0.25) is 0 Å². The zero-order valence-electron chi connectivity index (χ0n) is 25.0. The summed E-state index contributed by atoms with van der Waals surface area (Å²) in [4.78, 5) is 39.2. The molecule has 0 saturated heterocycles. The third-order valence-corrected chi connectivity index (χ3v) is 10.4. The lowest BCUT2D eigenvalue weighted by molar-refractivity contribution is 0.0492. The van der Waals surface area contributed by atoms with Crippen molar-refractivity contribution in [2.24, 2.45) is 0 Å². The molecule has 0 spiro atoms. The van der Waals surface area contributed by atoms with E-state index in [9.17, 15) is 18.0 Å². The number of urea groups is 1. The van der Waals surface area contributed by atoms with Crippen LogP contribution in [0.3, 0.4) is 0 Å². The molecule has 12 nitrogen and oxygen atoms in total. The number of carbonyl (C=O) groups is 2. The smallest absolute Gasteiger partial charge is 0.407 e. The number of ether oxygens (including phenoxy) is 1. The van der Waals surface area contributed by atoms with Crippen LogP contribution < -0.4 is 25.7 Å². The predicted octanol–water partition coefficient (Wildman–Crippen LogP) is 5.70. The van der Waals surface area contributed by atoms with Crippen molar-refractivity contribution in [2.45, 2.75) is 94.2 Å². The van der Waals surface area contributed by atoms with E-state index in [-0.39, 0.29) is 40.6 Å². The van der Waals surface area contributed by atoms with Gasteiger partial charge in [0.05, 0.1) is 14.8 Å². The maximum absolute atomic E-state index is 13.6. The van der Waals surface area contributed by atoms with Crippen molar-refractivity contribution in [3.8, 4) is 16.3 Å². The number of anilines is 1. The van der Waals surface area contributed by atoms with Crippen molar-refractivity contribution in [1.82, 2.24) is 25.5 Å². The van der Waals surface area contributed by atoms with Gasteiger partial charge >= 0.3 is 12.1 Å². The monoisotopic (exact) mass is 642 g/mol. The maximum atomic E-state index is 13.6. The van der Waals surface area contributed by atoms with Crippen LogP contribution in [0, 0.1) is 0 Å². The molecule has 2 aliphatic rings. The van der Waals surface area contributed by atoms with Crippen LogP contribution in [-0.4, -0.2) is 48.2 Å². The van der Waals surface area contributed by atoms with Gasteiger partial charge in [-0.15, -0.1) is 11.3 Å². The standard InChI is InChI=1S/C30H38N6O6S2/c1-30(2,3)36-44(39,40)25-17-21(33-28(37)35-42-26-9-4-5-16-31-26)14-15-23(25)24-18-32-27(43-24)19-10-12-20(13-11-19)34-29(38)41-22-7-6-8-22/h4-5,9,14-20,22,36H,6-8,10-13H2,1-3H3,(H,34,38)(H2,33,35,37). The highest BCUT2D eigenvalue weighted by atomic mass is 32.2. The number of nitrogens with one attached hydrogen (secondary N) is 4. The Morgan fingerprint density at radius 2 is 1.77 bits per heavy atom. The molecular formula is C30H38N6O6S2. The largest absolute Gasteiger partial charge is 0.446 e. The third kappa shape index (κ3) is 8.45. The molecule has 3 aromatic rings. The number of sulfonamides is 1. The highest BCUT2D eigenvalue weighted by Crippen LogP contribution is 2.40. The maximum Gasteiger partial charge on any atom is 0.407 e. The summed E-state index contributed by atoms with van der Waals surface area (Å²) >= 11 is 1.46. The van der Waals surface area contributed by atoms with Gasteiger partial charge in [-0.2, -0.15) is 5.48 Å². The van der Waals surface area contributed by atoms with Gasteiger partial charge in [0, 0.05) is 47.2 Å². The number of pyridine rings is 1. The Hall–Kier alpha value is -3.75. The van der Waals surface area contributed by atoms with E-state index in [1.165, 1.54) is 23.6 Å². The van der Waals surface area contributed by atoms with Crippen LogP contribution in [0.5, 0.6) is 5.88 Å². The molecule has 44 heavy (non-hydrogen) atoms. The number of hydrogen-bond donors (Lipinski definition) is 4. The first kappa shape index (κ1) is 31.7. The van der Waals surface area contributed by atoms with Gasteiger partial charge in [0.15, 0.2) is 0 Å². The second kappa shape index (κ2) is 13.5. The molecule has 2 fully saturated rings. The first-order chi connectivity index (χ1) is 20.9. The Morgan fingerprint density at radius 1 is 1.00 bits per heavy atom. The van der Waals surface area contributed by atoms with Crippen molar-refractivity contribution in [2.75, 3.05) is 5.32 Å². The van der Waals surface area contributed by atoms with Crippen LogP contribution in [0.4, 0.5) is 15.3 Å². The average molecular weight is 643 g/mol. The van der Waals surface area contributed by atoms with Crippen molar-refractivity contribution < 1.29 is 27.6 Å². The van der Waals surface area contributed by atoms with E-state index in [1.807, 2.05) is 0 Å². The molecule has 1 aromatic carbocycles. The Kier molecular flexibility index (Phi) is 9.71. The normalized spacial score (nSPS) is 19.0. The third-order valence-electron chi connectivity index (χ3n) is 7.37. The molecule has 14 heteroatoms. The predicted molar refractivity (Wildman–Crippen MR) is 167 cm³/mol. The zero-order valence-corrected chi connectivity index (χ0v) is 26.6. The molecule has 0 unspecified atom stereocenters. The van der Waals surface area contributed by atoms with Crippen LogP contribution in [-0.2, 0) is 14.8 Å². The molecule has 0 aliphatic heterocycles. The first-order valence-electron chi connectivity index (χ1n) is 14.7. The molecule has 0 bridgehead atoms. The van der Waals surface area contributed by atoms with Gasteiger partial charge in [-0.1, -0.05) is 12.1 Å². The zero-order chi connectivity index (χ0) is 31.3. The number of hydrogen-bond acceptors (Lipinski definition) is 9. The molecular weight excluding hydrogens is 605 g/mol. The van der Waals surface area contributed by atoms with Crippen molar-refractivity contribution in [3.63, 3.8) is 0 Å². The van der Waals surface area contributed by atoms with Gasteiger partial charge in [0.25, 0.3) is 0 Å². The van der Waals surface area contributed by atoms with Gasteiger partial charge < -0.3 is 20.2 Å². The van der Waals surface area contributed by atoms with E-state index in [1.54, 1.807) is 57.3 Å². The lowest BCUT2D eigenvalue weighted by Gasteiger charge is -2.30. The molecule has 2 heterocycles. The van der Waals surface area contributed by atoms with Crippen molar-refractivity contribution >= 4 is 39.2 Å². The lowest BCUT2D eigenvalue weighted by atomic mass is 9.86. The van der Waals surface area contributed by atoms with Crippen LogP contribution in [0.15, 0.2) is 53.7 Å². The Bertz CT molecular complexity index is 1560. The minimum atomic E-state index is -3.99. The van der Waals surface area contributed by atoms with E-state index in [2.05, 4.69) is 30.8 Å². The minimum Gasteiger partial charge on any atom is -0.446 e. The summed E-state index contributed by atoms with van der Waals surface area (Å²) in [6.45, 7) is 5.28. The van der Waals surface area contributed by atoms with Gasteiger partial charge in [-0.05, 0) is 83.9 Å². The lowest BCUT2D eigenvalue weighted by Crippen LogP contribution is -2.40. The van der Waals surface area contributed by atoms with E-state index >= 15 is 0 Å². The Morgan fingerprint density at radius 3 is 2.43 bits per heavy atom. The minimum absolute atomic E-state index is 0.0175. The summed E-state index contributed by atoms with van der Waals surface area (Å²) in [6, 6.07) is 9.10. The van der Waals surface area contributed by atoms with Crippen LogP contribution in [0.2, 0.25) is 0 Å². The van der Waals surface area contributed by atoms with Gasteiger partial charge in [-0.25, -0.2) is 32.7 Å². The number of aromatic nitrogens is 2. The number of thiazole rings is 1. The Balaban J connectivity index is 1.28. The van der Waals surface area contributed by atoms with Crippen LogP contribution >= 0.6 is 11.3 Å². The van der Waals surface area contributed by atoms with Crippen LogP contribution in [0.25, 0.3) is 10.4 Å². The SMILES string of the molecule is CC(C)(C)NS(=O)(=O)c1cc(NC(=O)NOc2ccccn2)ccc1-c1cnc(C2CCC(NC(=O)OC3CCC3)CC2)s1. The fourth-order valence-electron chi connectivity index (χ4n) is 5.07. The van der Waals surface area contributed by atoms with E-state index < -0.39 is 21.6 Å². The number of carbonyl (C=O) groups excluding carboxylic acids is 2. The fourth-order valence-corrected chi connectivity index (χ4v) is 7.93. The molecule has 2 aliphatic carbocycles. The summed E-state index contributed by atoms with van der Waals surface area (Å²) in [6.07, 6.45) is 9.30. The van der Waals surface area contributed by atoms with E-state index in [4.69, 9.17) is 9.57 Å². The topological polar surface area (TPSA) is 161 Å². The summed E-state index contributed by atoms with van der Waals surface area (Å²) in [5, 5.41) is 6.54. The average Bonchev–Trinajstić information content (AvgIpc) is 3.44. The number of nitrogens with zero attached hydrogens (tertiary/aromatic N) is 2. The van der Waals surface area contributed by atoms with E-state index in [0.29, 0.717) is 10.4 Å². The van der Waals surface area contributed by atoms with Gasteiger partial charge in [0.2, 0.25) is 15.9 Å². The van der Waals surface area contributed by atoms with E-state index in [0.717, 1.165) is 50.0 Å². The number of rotatable bonds is 9. The summed E-state index contributed by atoms with van der Waals surface area (Å²) in [5.41, 5.74) is 2.25. The second-order valence-electron chi connectivity index (χ2n) is 12.1. The molecule has 2 saturated carbocycles. The van der Waals surface area contributed by atoms with Crippen molar-refractivity contribution in [1.29, 1.82) is 0 Å². The molecule has 236 valence electrons. The fraction of sp³-hybridized carbons (Fsp3) is 0.467. The van der Waals surface area contributed by atoms with Gasteiger partial charge in [0.1, 0.15) is 6.10 Å². The summed E-state index contributed by atoms with van der Waals surface area (Å²) in [7, 11) is -3.99. The quantitative estimate of drug-likeness (QED) is 0.216. The molecule has 0 radical (unpaired) electrons. The van der Waals surface area contributed by atoms with Crippen LogP contribution in [0.1, 0.15) is 76.6 Å². The summed E-state index contributed by atoms with van der Waals surface area (Å²) < 4.78 is 35.3. The first-order valence-corrected chi connectivity index (χ1v) is 17.0. The number of amides is 3. The molecule has 2 aromatic heterocycles. The molecule has 4 N–H and O–H groups in total. The summed E-state index contributed by atoms with van der Waals surface area (Å²) in [5.74, 6) is 0.416. The Labute approximate surface area is 261 Å². The highest BCUT2D eigenvalue weighted by Gasteiger charge is 2.30. The second-order valence-corrected chi connectivity index (χ2v) is 14.8. The molecule has 3 amide bonds. The van der Waals surface area contributed by atoms with Crippen molar-refractivity contribution in [3.05, 3.63) is 53.8 Å². The number of hydroxylamine groups is 1. The number of alkyl carbamates (subject to hydrolysis) is 1. The number of benzene rings is 1. The molecule has 0 atom stereocenters.